The molecule has 2 aromatic heterocycles. The van der Waals surface area contributed by atoms with E-state index in [0.717, 1.165) is 61.4 Å². The van der Waals surface area contributed by atoms with Crippen LogP contribution in [0.1, 0.15) is 25.3 Å². The van der Waals surface area contributed by atoms with E-state index in [4.69, 9.17) is 20.4 Å². The smallest absolute Gasteiger partial charge is 0.228 e. The van der Waals surface area contributed by atoms with E-state index in [-0.39, 0.29) is 11.5 Å². The second-order valence-corrected chi connectivity index (χ2v) is 9.95. The van der Waals surface area contributed by atoms with Crippen molar-refractivity contribution in [3.8, 4) is 11.3 Å². The zero-order valence-corrected chi connectivity index (χ0v) is 19.3. The lowest BCUT2D eigenvalue weighted by Gasteiger charge is -2.38. The average molecular weight is 469 g/mol. The van der Waals surface area contributed by atoms with Gasteiger partial charge in [0.25, 0.3) is 0 Å². The Labute approximate surface area is 197 Å². The predicted molar refractivity (Wildman–Crippen MR) is 124 cm³/mol. The molecule has 0 radical (unpaired) electrons. The SMILES string of the molecule is C[C@]1(N2CCc3c(-c4cnc(N)nc4)nc(N4CCOCC4)nc32)CCN([C@@]2(C=O)C[C@@H]2F)C1. The van der Waals surface area contributed by atoms with Gasteiger partial charge in [0, 0.05) is 62.7 Å². The first kappa shape index (κ1) is 21.6. The van der Waals surface area contributed by atoms with E-state index in [2.05, 4.69) is 26.7 Å². The molecule has 0 unspecified atom stereocenters. The number of fused-ring (bicyclic) bond motifs is 1. The highest BCUT2D eigenvalue weighted by Gasteiger charge is 2.62. The molecule has 1 aliphatic carbocycles. The van der Waals surface area contributed by atoms with Crippen LogP contribution in [0.25, 0.3) is 11.3 Å². The monoisotopic (exact) mass is 468 g/mol. The van der Waals surface area contributed by atoms with E-state index < -0.39 is 11.7 Å². The molecule has 0 aromatic carbocycles. The molecule has 34 heavy (non-hydrogen) atoms. The summed E-state index contributed by atoms with van der Waals surface area (Å²) < 4.78 is 19.7. The molecule has 2 saturated heterocycles. The van der Waals surface area contributed by atoms with Gasteiger partial charge in [-0.3, -0.25) is 4.90 Å². The lowest BCUT2D eigenvalue weighted by atomic mass is 9.99. The van der Waals surface area contributed by atoms with Crippen molar-refractivity contribution in [1.82, 2.24) is 24.8 Å². The molecule has 0 bridgehead atoms. The quantitative estimate of drug-likeness (QED) is 0.634. The summed E-state index contributed by atoms with van der Waals surface area (Å²) in [7, 11) is 0. The molecule has 6 rings (SSSR count). The van der Waals surface area contributed by atoms with Gasteiger partial charge in [0.05, 0.1) is 24.4 Å². The van der Waals surface area contributed by atoms with E-state index >= 15 is 0 Å². The van der Waals surface area contributed by atoms with Crippen molar-refractivity contribution in [2.24, 2.45) is 0 Å². The molecular weight excluding hydrogens is 439 g/mol. The fraction of sp³-hybridized carbons (Fsp3) is 0.609. The Hall–Kier alpha value is -2.92. The van der Waals surface area contributed by atoms with Crippen LogP contribution in [-0.2, 0) is 16.0 Å². The number of alkyl halides is 1. The third-order valence-electron chi connectivity index (χ3n) is 7.84. The second-order valence-electron chi connectivity index (χ2n) is 9.95. The summed E-state index contributed by atoms with van der Waals surface area (Å²) in [5.41, 5.74) is 7.22. The van der Waals surface area contributed by atoms with Gasteiger partial charge in [-0.05, 0) is 19.8 Å². The van der Waals surface area contributed by atoms with Crippen LogP contribution in [0.4, 0.5) is 22.1 Å². The van der Waals surface area contributed by atoms with Crippen molar-refractivity contribution in [2.45, 2.75) is 43.4 Å². The minimum absolute atomic E-state index is 0.221. The van der Waals surface area contributed by atoms with Crippen molar-refractivity contribution in [1.29, 1.82) is 0 Å². The average Bonchev–Trinajstić information content (AvgIpc) is 3.16. The fourth-order valence-electron chi connectivity index (χ4n) is 5.65. The standard InChI is InChI=1S/C23H29FN8O2/c1-22(3-5-31(13-22)23(14-33)10-17(23)24)32-4-2-16-18(15-11-26-20(25)27-12-15)28-21(29-19(16)32)30-6-8-34-9-7-30/h11-12,14,17H,2-10,13H2,1H3,(H2,25,26,27)/t17-,22-,23+/m0/s1. The highest BCUT2D eigenvalue weighted by molar-refractivity contribution is 5.74. The Kier molecular flexibility index (Phi) is 4.96. The lowest BCUT2D eigenvalue weighted by molar-refractivity contribution is -0.114. The largest absolute Gasteiger partial charge is 0.378 e. The molecule has 3 atom stereocenters. The van der Waals surface area contributed by atoms with Gasteiger partial charge in [-0.2, -0.15) is 4.98 Å². The number of hydrogen-bond donors (Lipinski definition) is 1. The summed E-state index contributed by atoms with van der Waals surface area (Å²) >= 11 is 0. The van der Waals surface area contributed by atoms with Gasteiger partial charge in [-0.25, -0.2) is 19.3 Å². The van der Waals surface area contributed by atoms with Crippen molar-refractivity contribution in [3.63, 3.8) is 0 Å². The molecule has 180 valence electrons. The number of nitrogens with zero attached hydrogens (tertiary/aromatic N) is 7. The number of morpholine rings is 1. The first-order valence-corrected chi connectivity index (χ1v) is 11.9. The Bertz CT molecular complexity index is 1110. The Morgan fingerprint density at radius 1 is 1.18 bits per heavy atom. The molecule has 1 saturated carbocycles. The maximum atomic E-state index is 14.1. The highest BCUT2D eigenvalue weighted by Crippen LogP contribution is 2.48. The van der Waals surface area contributed by atoms with Gasteiger partial charge in [-0.15, -0.1) is 0 Å². The number of halogens is 1. The fourth-order valence-corrected chi connectivity index (χ4v) is 5.65. The van der Waals surface area contributed by atoms with Crippen LogP contribution >= 0.6 is 0 Å². The summed E-state index contributed by atoms with van der Waals surface area (Å²) in [5.74, 6) is 1.79. The number of nitrogen functional groups attached to an aromatic ring is 1. The Balaban J connectivity index is 1.39. The van der Waals surface area contributed by atoms with Gasteiger partial charge in [0.2, 0.25) is 11.9 Å². The molecule has 2 aromatic rings. The molecule has 3 fully saturated rings. The molecule has 0 spiro atoms. The van der Waals surface area contributed by atoms with Gasteiger partial charge in [-0.1, -0.05) is 0 Å². The van der Waals surface area contributed by atoms with Crippen molar-refractivity contribution in [3.05, 3.63) is 18.0 Å². The molecule has 5 heterocycles. The predicted octanol–water partition coefficient (Wildman–Crippen LogP) is 0.859. The molecule has 0 amide bonds. The third kappa shape index (κ3) is 3.32. The third-order valence-corrected chi connectivity index (χ3v) is 7.84. The summed E-state index contributed by atoms with van der Waals surface area (Å²) in [6.45, 7) is 7.02. The molecule has 2 N–H and O–H groups in total. The summed E-state index contributed by atoms with van der Waals surface area (Å²) in [6, 6.07) is 0. The lowest BCUT2D eigenvalue weighted by Crippen LogP contribution is -2.50. The van der Waals surface area contributed by atoms with Gasteiger partial charge >= 0.3 is 0 Å². The van der Waals surface area contributed by atoms with Crippen molar-refractivity contribution < 1.29 is 13.9 Å². The topological polar surface area (TPSA) is 114 Å². The molecule has 11 heteroatoms. The normalized spacial score (nSPS) is 31.1. The minimum Gasteiger partial charge on any atom is -0.378 e. The zero-order chi connectivity index (χ0) is 23.5. The first-order valence-electron chi connectivity index (χ1n) is 11.9. The first-order chi connectivity index (χ1) is 16.4. The van der Waals surface area contributed by atoms with Gasteiger partial charge in [0.15, 0.2) is 0 Å². The van der Waals surface area contributed by atoms with E-state index in [1.165, 1.54) is 0 Å². The molecule has 10 nitrogen and oxygen atoms in total. The summed E-state index contributed by atoms with van der Waals surface area (Å²) in [5, 5.41) is 0. The van der Waals surface area contributed by atoms with Gasteiger partial charge in [0.1, 0.15) is 23.8 Å². The van der Waals surface area contributed by atoms with Gasteiger partial charge < -0.3 is 25.1 Å². The number of ether oxygens (including phenoxy) is 1. The van der Waals surface area contributed by atoms with Crippen LogP contribution in [0.2, 0.25) is 0 Å². The molecule has 4 aliphatic rings. The number of anilines is 3. The maximum absolute atomic E-state index is 14.1. The van der Waals surface area contributed by atoms with E-state index in [1.807, 2.05) is 4.90 Å². The zero-order valence-electron chi connectivity index (χ0n) is 19.3. The van der Waals surface area contributed by atoms with E-state index in [9.17, 15) is 9.18 Å². The Morgan fingerprint density at radius 3 is 2.59 bits per heavy atom. The Morgan fingerprint density at radius 2 is 1.91 bits per heavy atom. The van der Waals surface area contributed by atoms with Crippen LogP contribution in [0.3, 0.4) is 0 Å². The number of likely N-dealkylation sites (tertiary alicyclic amines) is 1. The minimum atomic E-state index is -1.06. The highest BCUT2D eigenvalue weighted by atomic mass is 19.1. The van der Waals surface area contributed by atoms with Crippen LogP contribution < -0.4 is 15.5 Å². The number of aromatic nitrogens is 4. The second kappa shape index (κ2) is 7.81. The van der Waals surface area contributed by atoms with Crippen LogP contribution in [0.5, 0.6) is 0 Å². The number of aldehydes is 1. The van der Waals surface area contributed by atoms with E-state index in [0.29, 0.717) is 38.7 Å². The summed E-state index contributed by atoms with van der Waals surface area (Å²) in [6.07, 6.45) is 5.08. The number of carbonyl (C=O) groups excluding carboxylic acids is 1. The summed E-state index contributed by atoms with van der Waals surface area (Å²) in [4.78, 5) is 36.6. The number of rotatable bonds is 5. The number of nitrogens with two attached hydrogens (primary N) is 1. The van der Waals surface area contributed by atoms with Crippen LogP contribution in [0, 0.1) is 0 Å². The van der Waals surface area contributed by atoms with Crippen LogP contribution in [0.15, 0.2) is 12.4 Å². The number of carbonyl (C=O) groups is 1. The number of hydrogen-bond acceptors (Lipinski definition) is 10. The van der Waals surface area contributed by atoms with Crippen molar-refractivity contribution >= 4 is 24.0 Å². The molecule has 3 aliphatic heterocycles. The molecular formula is C23H29FN8O2. The van der Waals surface area contributed by atoms with Crippen LogP contribution in [-0.4, -0.2) is 94.3 Å². The van der Waals surface area contributed by atoms with E-state index in [1.54, 1.807) is 12.4 Å². The van der Waals surface area contributed by atoms with Crippen molar-refractivity contribution in [2.75, 3.05) is 61.5 Å². The maximum Gasteiger partial charge on any atom is 0.228 e.